The van der Waals surface area contributed by atoms with E-state index in [0.29, 0.717) is 11.5 Å². The summed E-state index contributed by atoms with van der Waals surface area (Å²) in [5, 5.41) is 14.1. The third kappa shape index (κ3) is 6.08. The summed E-state index contributed by atoms with van der Waals surface area (Å²) in [6.45, 7) is 1.33. The van der Waals surface area contributed by atoms with Crippen molar-refractivity contribution in [3.8, 4) is 17.0 Å². The van der Waals surface area contributed by atoms with Gasteiger partial charge < -0.3 is 24.5 Å². The van der Waals surface area contributed by atoms with Crippen LogP contribution < -0.4 is 10.1 Å². The lowest BCUT2D eigenvalue weighted by atomic mass is 9.63. The number of aromatic nitrogens is 3. The van der Waals surface area contributed by atoms with Crippen LogP contribution in [0.2, 0.25) is 0 Å². The van der Waals surface area contributed by atoms with Gasteiger partial charge in [-0.1, -0.05) is 12.1 Å². The highest BCUT2D eigenvalue weighted by molar-refractivity contribution is 6.08. The van der Waals surface area contributed by atoms with E-state index in [1.807, 2.05) is 24.7 Å². The Labute approximate surface area is 238 Å². The van der Waals surface area contributed by atoms with E-state index >= 15 is 0 Å². The molecule has 0 bridgehead atoms. The third-order valence-corrected chi connectivity index (χ3v) is 8.77. The summed E-state index contributed by atoms with van der Waals surface area (Å²) in [6, 6.07) is 12.7. The third-order valence-electron chi connectivity index (χ3n) is 8.77. The van der Waals surface area contributed by atoms with Crippen LogP contribution in [-0.2, 0) is 11.8 Å². The minimum atomic E-state index is -2.79. The lowest BCUT2D eigenvalue weighted by Gasteiger charge is -2.54. The maximum absolute atomic E-state index is 13.2. The molecule has 7 nitrogen and oxygen atoms in total. The Hall–Kier alpha value is -3.14. The highest BCUT2D eigenvalue weighted by Crippen LogP contribution is 2.46. The molecule has 2 N–H and O–H groups in total. The molecule has 4 heterocycles. The van der Waals surface area contributed by atoms with Crippen molar-refractivity contribution in [1.29, 1.82) is 0 Å². The van der Waals surface area contributed by atoms with Gasteiger partial charge in [-0.05, 0) is 62.3 Å². The van der Waals surface area contributed by atoms with Crippen molar-refractivity contribution in [3.05, 3.63) is 55.0 Å². The summed E-state index contributed by atoms with van der Waals surface area (Å²) >= 11 is 0. The van der Waals surface area contributed by atoms with E-state index in [1.54, 1.807) is 0 Å². The minimum absolute atomic E-state index is 0.0158. The molecule has 1 aromatic carbocycles. The molecule has 1 aliphatic heterocycles. The molecule has 3 aliphatic rings. The lowest BCUT2D eigenvalue weighted by Crippen LogP contribution is -2.62. The molecule has 7 rings (SSSR count). The molecule has 2 aliphatic carbocycles. The molecule has 0 radical (unpaired) electrons. The van der Waals surface area contributed by atoms with Crippen molar-refractivity contribution in [3.63, 3.8) is 0 Å². The molecule has 1 spiro atoms. The molecule has 9 heteroatoms. The van der Waals surface area contributed by atoms with Gasteiger partial charge in [-0.15, -0.1) is 0 Å². The number of rotatable bonds is 9. The summed E-state index contributed by atoms with van der Waals surface area (Å²) in [4.78, 5) is 8.75. The normalized spacial score (nSPS) is 18.4. The van der Waals surface area contributed by atoms with Gasteiger partial charge in [0.05, 0.1) is 11.6 Å². The van der Waals surface area contributed by atoms with Crippen molar-refractivity contribution >= 4 is 21.8 Å². The van der Waals surface area contributed by atoms with Gasteiger partial charge in [0.15, 0.2) is 0 Å². The molecule has 0 amide bonds. The molecule has 0 unspecified atom stereocenters. The van der Waals surface area contributed by atoms with Gasteiger partial charge in [0.1, 0.15) is 12.7 Å². The number of alkyl halides is 2. The number of nitrogens with one attached hydrogen (secondary N) is 1. The number of aliphatic hydroxyl groups is 1. The zero-order valence-corrected chi connectivity index (χ0v) is 23.5. The number of fused-ring (bicyclic) bond motifs is 3. The Kier molecular flexibility index (Phi) is 7.94. The van der Waals surface area contributed by atoms with Crippen LogP contribution in [0.5, 0.6) is 5.88 Å². The first kappa shape index (κ1) is 28.0. The zero-order valence-electron chi connectivity index (χ0n) is 23.5. The van der Waals surface area contributed by atoms with E-state index < -0.39 is 12.5 Å². The molecule has 4 aromatic rings. The van der Waals surface area contributed by atoms with Crippen molar-refractivity contribution < 1.29 is 23.4 Å². The zero-order chi connectivity index (χ0) is 28.5. The first-order chi connectivity index (χ1) is 19.8. The summed E-state index contributed by atoms with van der Waals surface area (Å²) in [7, 11) is 2.10. The number of nitrogens with zero attached hydrogens (tertiary/aromatic N) is 3. The monoisotopic (exact) mass is 564 g/mol. The average Bonchev–Trinajstić information content (AvgIpc) is 3.20. The predicted octanol–water partition coefficient (Wildman–Crippen LogP) is 5.88. The fourth-order valence-corrected chi connectivity index (χ4v) is 5.95. The Morgan fingerprint density at radius 1 is 1.02 bits per heavy atom. The minimum Gasteiger partial charge on any atom is -0.474 e. The smallest absolute Gasteiger partial charge is 0.271 e. The number of hydrogen-bond donors (Lipinski definition) is 2. The summed E-state index contributed by atoms with van der Waals surface area (Å²) in [6.07, 6.45) is 11.3. The van der Waals surface area contributed by atoms with Crippen LogP contribution in [0.3, 0.4) is 0 Å². The van der Waals surface area contributed by atoms with Crippen molar-refractivity contribution in [1.82, 2.24) is 19.9 Å². The lowest BCUT2D eigenvalue weighted by molar-refractivity contribution is -0.158. The van der Waals surface area contributed by atoms with E-state index in [2.05, 4.69) is 57.2 Å². The van der Waals surface area contributed by atoms with Crippen LogP contribution >= 0.6 is 0 Å². The fraction of sp³-hybridized carbons (Fsp3) is 0.500. The first-order valence-corrected chi connectivity index (χ1v) is 14.6. The molecule has 218 valence electrons. The number of aliphatic hydroxyl groups excluding tert-OH is 1. The Morgan fingerprint density at radius 2 is 1.83 bits per heavy atom. The highest BCUT2D eigenvalue weighted by atomic mass is 19.3. The summed E-state index contributed by atoms with van der Waals surface area (Å²) in [5.41, 5.74) is 5.03. The number of halogens is 2. The molecular formula is C32H38F2N4O3. The SMILES string of the molecule is Cn1c2ccncc2c2ccc(-c3ccc(OC4CCC4)nc3)cc21.OCCCC(F)(F)COC1CC2(CNC2)C1. The van der Waals surface area contributed by atoms with Crippen LogP contribution in [0.25, 0.3) is 32.9 Å². The topological polar surface area (TPSA) is 81.4 Å². The van der Waals surface area contributed by atoms with Crippen molar-refractivity contribution in [2.45, 2.75) is 63.1 Å². The van der Waals surface area contributed by atoms with Crippen LogP contribution in [-0.4, -0.2) is 64.1 Å². The molecule has 3 aromatic heterocycles. The quantitative estimate of drug-likeness (QED) is 0.264. The molecular weight excluding hydrogens is 526 g/mol. The Morgan fingerprint density at radius 3 is 2.49 bits per heavy atom. The average molecular weight is 565 g/mol. The van der Waals surface area contributed by atoms with Gasteiger partial charge in [0, 0.05) is 85.1 Å². The van der Waals surface area contributed by atoms with Crippen molar-refractivity contribution in [2.75, 3.05) is 26.3 Å². The predicted molar refractivity (Wildman–Crippen MR) is 155 cm³/mol. The number of aryl methyl sites for hydroxylation is 1. The highest BCUT2D eigenvalue weighted by Gasteiger charge is 2.49. The molecule has 1 saturated heterocycles. The fourth-order valence-electron chi connectivity index (χ4n) is 5.95. The van der Waals surface area contributed by atoms with E-state index in [0.717, 1.165) is 55.8 Å². The molecule has 2 saturated carbocycles. The second-order valence-corrected chi connectivity index (χ2v) is 11.9. The van der Waals surface area contributed by atoms with E-state index in [1.165, 1.54) is 28.2 Å². The maximum Gasteiger partial charge on any atom is 0.271 e. The van der Waals surface area contributed by atoms with Crippen molar-refractivity contribution in [2.24, 2.45) is 12.5 Å². The van der Waals surface area contributed by atoms with Gasteiger partial charge in [0.25, 0.3) is 5.92 Å². The van der Waals surface area contributed by atoms with Crippen LogP contribution in [0.1, 0.15) is 44.9 Å². The molecule has 0 atom stereocenters. The van der Waals surface area contributed by atoms with E-state index in [4.69, 9.17) is 14.6 Å². The van der Waals surface area contributed by atoms with Gasteiger partial charge in [0.2, 0.25) is 5.88 Å². The first-order valence-electron chi connectivity index (χ1n) is 14.6. The van der Waals surface area contributed by atoms with Crippen LogP contribution in [0.4, 0.5) is 8.78 Å². The summed E-state index contributed by atoms with van der Waals surface area (Å²) < 4.78 is 39.6. The number of pyridine rings is 2. The Balaban J connectivity index is 0.000000164. The van der Waals surface area contributed by atoms with E-state index in [9.17, 15) is 8.78 Å². The number of benzene rings is 1. The number of hydrogen-bond acceptors (Lipinski definition) is 6. The largest absolute Gasteiger partial charge is 0.474 e. The summed E-state index contributed by atoms with van der Waals surface area (Å²) in [5.74, 6) is -2.06. The van der Waals surface area contributed by atoms with Gasteiger partial charge in [-0.25, -0.2) is 13.8 Å². The molecule has 41 heavy (non-hydrogen) atoms. The van der Waals surface area contributed by atoms with Gasteiger partial charge >= 0.3 is 0 Å². The second-order valence-electron chi connectivity index (χ2n) is 11.9. The standard InChI is InChI=1S/C21H19N3O.C11H19F2NO2/c1-24-19-9-10-22-13-18(19)17-7-5-14(11-20(17)24)15-6-8-21(23-12-15)25-16-3-2-4-16;12-11(13,2-1-3-15)8-16-9-4-10(5-9)6-14-7-10/h5-13,16H,2-4H2,1H3;9,14-15H,1-8H2. The van der Waals surface area contributed by atoms with Crippen LogP contribution in [0, 0.1) is 5.41 Å². The molecule has 3 fully saturated rings. The number of ether oxygens (including phenoxy) is 2. The van der Waals surface area contributed by atoms with Gasteiger partial charge in [-0.2, -0.15) is 0 Å². The van der Waals surface area contributed by atoms with E-state index in [-0.39, 0.29) is 25.6 Å². The Bertz CT molecular complexity index is 1470. The van der Waals surface area contributed by atoms with Crippen LogP contribution in [0.15, 0.2) is 55.0 Å². The maximum atomic E-state index is 13.2. The second kappa shape index (κ2) is 11.6. The van der Waals surface area contributed by atoms with Gasteiger partial charge in [-0.3, -0.25) is 4.98 Å².